The molecule has 2 heteroatoms. The van der Waals surface area contributed by atoms with Gasteiger partial charge in [0.1, 0.15) is 0 Å². The third kappa shape index (κ3) is 2.34. The van der Waals surface area contributed by atoms with Gasteiger partial charge < -0.3 is 0 Å². The van der Waals surface area contributed by atoms with Gasteiger partial charge in [-0.25, -0.2) is 0 Å². The van der Waals surface area contributed by atoms with Crippen molar-refractivity contribution in [3.05, 3.63) is 0 Å². The maximum Gasteiger partial charge on any atom is 0.0359 e. The van der Waals surface area contributed by atoms with Gasteiger partial charge in [0, 0.05) is 17.6 Å². The average molecular weight is 252 g/mol. The molecule has 1 unspecified atom stereocenters. The van der Waals surface area contributed by atoms with Gasteiger partial charge in [-0.15, -0.1) is 0 Å². The van der Waals surface area contributed by atoms with E-state index in [4.69, 9.17) is 0 Å². The second-order valence-corrected chi connectivity index (χ2v) is 6.49. The van der Waals surface area contributed by atoms with Crippen molar-refractivity contribution < 1.29 is 0 Å². The first kappa shape index (κ1) is 14.3. The Hall–Kier alpha value is -0.0800. The second-order valence-electron chi connectivity index (χ2n) is 6.49. The van der Waals surface area contributed by atoms with E-state index in [1.165, 1.54) is 58.2 Å². The molecule has 2 aliphatic heterocycles. The van der Waals surface area contributed by atoms with Crippen molar-refractivity contribution in [2.75, 3.05) is 19.6 Å². The van der Waals surface area contributed by atoms with Gasteiger partial charge in [0.2, 0.25) is 0 Å². The van der Waals surface area contributed by atoms with E-state index in [9.17, 15) is 0 Å². The van der Waals surface area contributed by atoms with Crippen LogP contribution in [0.5, 0.6) is 0 Å². The van der Waals surface area contributed by atoms with Crippen molar-refractivity contribution in [3.8, 4) is 0 Å². The van der Waals surface area contributed by atoms with Gasteiger partial charge in [0.15, 0.2) is 0 Å². The quantitative estimate of drug-likeness (QED) is 0.739. The zero-order chi connectivity index (χ0) is 13.2. The van der Waals surface area contributed by atoms with Crippen LogP contribution in [0.3, 0.4) is 0 Å². The summed E-state index contributed by atoms with van der Waals surface area (Å²) in [5.74, 6) is 0. The minimum Gasteiger partial charge on any atom is -0.296 e. The van der Waals surface area contributed by atoms with Crippen molar-refractivity contribution in [1.82, 2.24) is 9.80 Å². The van der Waals surface area contributed by atoms with Gasteiger partial charge in [0.25, 0.3) is 0 Å². The zero-order valence-corrected chi connectivity index (χ0v) is 12.9. The molecule has 2 aliphatic rings. The zero-order valence-electron chi connectivity index (χ0n) is 12.9. The number of likely N-dealkylation sites (tertiary alicyclic amines) is 2. The molecule has 0 saturated carbocycles. The number of nitrogens with zero attached hydrogens (tertiary/aromatic N) is 2. The third-order valence-corrected chi connectivity index (χ3v) is 5.54. The van der Waals surface area contributed by atoms with Crippen LogP contribution in [0, 0.1) is 0 Å². The highest BCUT2D eigenvalue weighted by Gasteiger charge is 2.46. The average Bonchev–Trinajstić information content (AvgIpc) is 3.02. The smallest absolute Gasteiger partial charge is 0.0359 e. The highest BCUT2D eigenvalue weighted by molar-refractivity contribution is 5.04. The molecule has 2 fully saturated rings. The minimum atomic E-state index is 0.456. The van der Waals surface area contributed by atoms with Crippen LogP contribution in [-0.2, 0) is 0 Å². The highest BCUT2D eigenvalue weighted by atomic mass is 15.3. The lowest BCUT2D eigenvalue weighted by Gasteiger charge is -2.49. The normalized spacial score (nSPS) is 27.5. The molecule has 0 aliphatic carbocycles. The molecule has 18 heavy (non-hydrogen) atoms. The molecule has 0 aromatic carbocycles. The molecule has 0 amide bonds. The van der Waals surface area contributed by atoms with E-state index in [-0.39, 0.29) is 0 Å². The highest BCUT2D eigenvalue weighted by Crippen LogP contribution is 2.39. The van der Waals surface area contributed by atoms with E-state index in [0.29, 0.717) is 11.6 Å². The van der Waals surface area contributed by atoms with Crippen LogP contribution in [-0.4, -0.2) is 47.1 Å². The van der Waals surface area contributed by atoms with Crippen LogP contribution in [0.25, 0.3) is 0 Å². The van der Waals surface area contributed by atoms with Gasteiger partial charge in [-0.1, -0.05) is 13.8 Å². The summed E-state index contributed by atoms with van der Waals surface area (Å²) < 4.78 is 0. The topological polar surface area (TPSA) is 6.48 Å². The Morgan fingerprint density at radius 1 is 1.00 bits per heavy atom. The summed E-state index contributed by atoms with van der Waals surface area (Å²) in [6.45, 7) is 13.6. The number of rotatable bonds is 5. The SMILES string of the molecule is CCC(CC)(C1CCCN1C(C)C)N1CCCC1. The number of hydrogen-bond acceptors (Lipinski definition) is 2. The molecule has 2 saturated heterocycles. The van der Waals surface area contributed by atoms with Crippen LogP contribution in [0.2, 0.25) is 0 Å². The summed E-state index contributed by atoms with van der Waals surface area (Å²) in [6.07, 6.45) is 8.27. The summed E-state index contributed by atoms with van der Waals surface area (Å²) in [5.41, 5.74) is 0.456. The lowest BCUT2D eigenvalue weighted by Crippen LogP contribution is -2.60. The Labute approximate surface area is 114 Å². The fourth-order valence-electron chi connectivity index (χ4n) is 4.53. The van der Waals surface area contributed by atoms with Crippen molar-refractivity contribution in [1.29, 1.82) is 0 Å². The standard InChI is InChI=1S/C16H32N2/c1-5-16(6-2,17-11-7-8-12-17)15-10-9-13-18(15)14(3)4/h14-15H,5-13H2,1-4H3. The maximum absolute atomic E-state index is 2.83. The Morgan fingerprint density at radius 3 is 2.11 bits per heavy atom. The molecule has 2 rings (SSSR count). The van der Waals surface area contributed by atoms with Crippen molar-refractivity contribution in [2.24, 2.45) is 0 Å². The fraction of sp³-hybridized carbons (Fsp3) is 1.00. The fourth-order valence-corrected chi connectivity index (χ4v) is 4.53. The largest absolute Gasteiger partial charge is 0.296 e. The molecule has 0 aromatic rings. The van der Waals surface area contributed by atoms with Crippen LogP contribution in [0.15, 0.2) is 0 Å². The van der Waals surface area contributed by atoms with Gasteiger partial charge in [-0.3, -0.25) is 9.80 Å². The summed E-state index contributed by atoms with van der Waals surface area (Å²) >= 11 is 0. The first-order valence-corrected chi connectivity index (χ1v) is 8.16. The van der Waals surface area contributed by atoms with E-state index in [2.05, 4.69) is 37.5 Å². The van der Waals surface area contributed by atoms with Crippen LogP contribution in [0.4, 0.5) is 0 Å². The lowest BCUT2D eigenvalue weighted by atomic mass is 9.81. The molecular weight excluding hydrogens is 220 g/mol. The van der Waals surface area contributed by atoms with Gasteiger partial charge in [0.05, 0.1) is 0 Å². The molecule has 2 heterocycles. The monoisotopic (exact) mass is 252 g/mol. The maximum atomic E-state index is 2.83. The van der Waals surface area contributed by atoms with E-state index in [0.717, 1.165) is 6.04 Å². The predicted octanol–water partition coefficient (Wildman–Crippen LogP) is 3.51. The van der Waals surface area contributed by atoms with Gasteiger partial charge in [-0.05, 0) is 72.0 Å². The van der Waals surface area contributed by atoms with E-state index in [1.54, 1.807) is 0 Å². The molecule has 0 aromatic heterocycles. The van der Waals surface area contributed by atoms with Crippen LogP contribution < -0.4 is 0 Å². The molecule has 0 bridgehead atoms. The second kappa shape index (κ2) is 5.92. The molecule has 0 N–H and O–H groups in total. The molecule has 0 radical (unpaired) electrons. The Kier molecular flexibility index (Phi) is 4.71. The molecule has 1 atom stereocenters. The summed E-state index contributed by atoms with van der Waals surface area (Å²) in [7, 11) is 0. The van der Waals surface area contributed by atoms with Crippen molar-refractivity contribution in [3.63, 3.8) is 0 Å². The van der Waals surface area contributed by atoms with E-state index >= 15 is 0 Å². The first-order valence-electron chi connectivity index (χ1n) is 8.16. The summed E-state index contributed by atoms with van der Waals surface area (Å²) in [5, 5.41) is 0. The Bertz CT molecular complexity index is 252. The Balaban J connectivity index is 2.22. The minimum absolute atomic E-state index is 0.456. The Morgan fingerprint density at radius 2 is 1.61 bits per heavy atom. The number of hydrogen-bond donors (Lipinski definition) is 0. The molecule has 0 spiro atoms. The predicted molar refractivity (Wildman–Crippen MR) is 79.0 cm³/mol. The van der Waals surface area contributed by atoms with Gasteiger partial charge in [-0.2, -0.15) is 0 Å². The lowest BCUT2D eigenvalue weighted by molar-refractivity contribution is 0.00826. The van der Waals surface area contributed by atoms with Gasteiger partial charge >= 0.3 is 0 Å². The van der Waals surface area contributed by atoms with Crippen LogP contribution >= 0.6 is 0 Å². The van der Waals surface area contributed by atoms with E-state index < -0.39 is 0 Å². The third-order valence-electron chi connectivity index (χ3n) is 5.54. The van der Waals surface area contributed by atoms with Crippen LogP contribution in [0.1, 0.15) is 66.2 Å². The van der Waals surface area contributed by atoms with Crippen molar-refractivity contribution >= 4 is 0 Å². The first-order chi connectivity index (χ1) is 8.65. The molecular formula is C16H32N2. The molecule has 106 valence electrons. The summed E-state index contributed by atoms with van der Waals surface area (Å²) in [6, 6.07) is 1.50. The summed E-state index contributed by atoms with van der Waals surface area (Å²) in [4.78, 5) is 5.61. The molecule has 2 nitrogen and oxygen atoms in total. The van der Waals surface area contributed by atoms with E-state index in [1.807, 2.05) is 0 Å². The van der Waals surface area contributed by atoms with Crippen molar-refractivity contribution in [2.45, 2.75) is 83.8 Å².